The number of rotatable bonds is 5. The molecular formula is C25H22N2O2. The number of hydrogen-bond donors (Lipinski definition) is 0. The van der Waals surface area contributed by atoms with Crippen LogP contribution in [0.15, 0.2) is 94.1 Å². The Bertz CT molecular complexity index is 1220. The van der Waals surface area contributed by atoms with Gasteiger partial charge < -0.3 is 9.32 Å². The Labute approximate surface area is 169 Å². The van der Waals surface area contributed by atoms with Gasteiger partial charge in [-0.05, 0) is 61.5 Å². The van der Waals surface area contributed by atoms with Crippen LogP contribution in [0.2, 0.25) is 0 Å². The first-order chi connectivity index (χ1) is 14.2. The molecule has 0 atom stereocenters. The summed E-state index contributed by atoms with van der Waals surface area (Å²) in [7, 11) is 0. The molecule has 0 amide bonds. The first kappa shape index (κ1) is 18.6. The minimum absolute atomic E-state index is 0.156. The molecule has 0 saturated carbocycles. The van der Waals surface area contributed by atoms with Gasteiger partial charge in [-0.2, -0.15) is 0 Å². The number of hydrogen-bond acceptors (Lipinski definition) is 3. The number of aromatic nitrogens is 1. The summed E-state index contributed by atoms with van der Waals surface area (Å²) in [4.78, 5) is 14.5. The topological polar surface area (TPSA) is 38.4 Å². The van der Waals surface area contributed by atoms with Gasteiger partial charge in [0, 0.05) is 23.6 Å². The van der Waals surface area contributed by atoms with Crippen LogP contribution in [0.3, 0.4) is 0 Å². The molecule has 1 heterocycles. The Balaban J connectivity index is 1.75. The molecule has 0 aliphatic heterocycles. The Kier molecular flexibility index (Phi) is 5.16. The minimum Gasteiger partial charge on any atom is -0.436 e. The van der Waals surface area contributed by atoms with Crippen molar-refractivity contribution >= 4 is 29.7 Å². The summed E-state index contributed by atoms with van der Waals surface area (Å²) < 4.78 is 7.05. The average molecular weight is 382 g/mol. The second-order valence-corrected chi connectivity index (χ2v) is 6.65. The highest BCUT2D eigenvalue weighted by atomic mass is 16.4. The summed E-state index contributed by atoms with van der Waals surface area (Å²) in [5.74, 6) is 0. The van der Waals surface area contributed by atoms with Crippen molar-refractivity contribution in [3.05, 3.63) is 112 Å². The van der Waals surface area contributed by atoms with E-state index in [2.05, 4.69) is 35.7 Å². The maximum Gasteiger partial charge on any atom is 0.296 e. The first-order valence-corrected chi connectivity index (χ1v) is 9.58. The monoisotopic (exact) mass is 382 g/mol. The van der Waals surface area contributed by atoms with E-state index < -0.39 is 0 Å². The molecule has 4 nitrogen and oxygen atoms in total. The second kappa shape index (κ2) is 8.07. The highest BCUT2D eigenvalue weighted by Gasteiger charge is 2.11. The van der Waals surface area contributed by atoms with Gasteiger partial charge in [-0.1, -0.05) is 48.5 Å². The lowest BCUT2D eigenvalue weighted by atomic mass is 10.1. The van der Waals surface area contributed by atoms with Gasteiger partial charge in [0.25, 0.3) is 5.56 Å². The summed E-state index contributed by atoms with van der Waals surface area (Å²) in [6, 6.07) is 28.5. The summed E-state index contributed by atoms with van der Waals surface area (Å²) in [6.45, 7) is 6.22. The van der Waals surface area contributed by atoms with Crippen LogP contribution in [0, 0.1) is 0 Å². The van der Waals surface area contributed by atoms with Gasteiger partial charge in [0.1, 0.15) is 0 Å². The van der Waals surface area contributed by atoms with E-state index in [0.717, 1.165) is 22.6 Å². The quantitative estimate of drug-likeness (QED) is 0.520. The van der Waals surface area contributed by atoms with Gasteiger partial charge in [-0.3, -0.25) is 9.36 Å². The van der Waals surface area contributed by atoms with Crippen LogP contribution < -0.4 is 21.4 Å². The molecule has 0 aliphatic carbocycles. The third kappa shape index (κ3) is 3.78. The van der Waals surface area contributed by atoms with E-state index in [1.54, 1.807) is 6.08 Å². The smallest absolute Gasteiger partial charge is 0.296 e. The molecule has 3 aromatic carbocycles. The maximum atomic E-state index is 12.4. The van der Waals surface area contributed by atoms with Crippen molar-refractivity contribution in [1.82, 2.24) is 4.57 Å². The summed E-state index contributed by atoms with van der Waals surface area (Å²) >= 11 is 0. The van der Waals surface area contributed by atoms with Gasteiger partial charge in [0.2, 0.25) is 0 Å². The zero-order valence-electron chi connectivity index (χ0n) is 16.3. The molecule has 0 unspecified atom stereocenters. The van der Waals surface area contributed by atoms with E-state index in [1.165, 1.54) is 4.57 Å². The van der Waals surface area contributed by atoms with E-state index in [-0.39, 0.29) is 5.56 Å². The molecule has 1 aromatic heterocycles. The molecule has 0 saturated heterocycles. The number of oxazole rings is 1. The van der Waals surface area contributed by atoms with Crippen molar-refractivity contribution in [3.8, 4) is 0 Å². The number of nitrogens with zero attached hydrogens (tertiary/aromatic N) is 2. The van der Waals surface area contributed by atoms with E-state index >= 15 is 0 Å². The van der Waals surface area contributed by atoms with Crippen molar-refractivity contribution in [2.45, 2.75) is 13.5 Å². The summed E-state index contributed by atoms with van der Waals surface area (Å²) in [6.07, 6.45) is 1.75. The lowest BCUT2D eigenvalue weighted by Gasteiger charge is -2.25. The second-order valence-electron chi connectivity index (χ2n) is 6.65. The van der Waals surface area contributed by atoms with Crippen molar-refractivity contribution in [2.75, 3.05) is 4.90 Å². The normalized spacial score (nSPS) is 11.6. The van der Waals surface area contributed by atoms with Crippen molar-refractivity contribution in [2.24, 2.45) is 0 Å². The number of benzene rings is 3. The van der Waals surface area contributed by atoms with Crippen LogP contribution >= 0.6 is 0 Å². The first-order valence-electron chi connectivity index (χ1n) is 9.58. The summed E-state index contributed by atoms with van der Waals surface area (Å²) in [5.41, 5.74) is 4.60. The Morgan fingerprint density at radius 2 is 1.38 bits per heavy atom. The van der Waals surface area contributed by atoms with Gasteiger partial charge in [0.15, 0.2) is 11.0 Å². The molecule has 144 valence electrons. The molecule has 29 heavy (non-hydrogen) atoms. The fourth-order valence-electron chi connectivity index (χ4n) is 3.36. The largest absolute Gasteiger partial charge is 0.436 e. The van der Waals surface area contributed by atoms with Crippen molar-refractivity contribution < 1.29 is 4.42 Å². The fourth-order valence-corrected chi connectivity index (χ4v) is 3.36. The van der Waals surface area contributed by atoms with Crippen LogP contribution in [0.25, 0.3) is 12.7 Å². The van der Waals surface area contributed by atoms with Crippen LogP contribution in [-0.2, 0) is 6.54 Å². The average Bonchev–Trinajstić information content (AvgIpc) is 3.03. The van der Waals surface area contributed by atoms with Crippen LogP contribution in [0.1, 0.15) is 12.5 Å². The third-order valence-corrected chi connectivity index (χ3v) is 4.78. The third-order valence-electron chi connectivity index (χ3n) is 4.78. The SMILES string of the molecule is C=c1o/c(=C/c2ccc(N(c3ccccc3)c3ccccc3)cc2)c(=O)n1CC. The predicted molar refractivity (Wildman–Crippen MR) is 118 cm³/mol. The van der Waals surface area contributed by atoms with Crippen LogP contribution in [0.4, 0.5) is 17.1 Å². The molecule has 4 rings (SSSR count). The summed E-state index contributed by atoms with van der Waals surface area (Å²) in [5, 5.41) is 0. The van der Waals surface area contributed by atoms with Crippen LogP contribution in [-0.4, -0.2) is 4.57 Å². The molecule has 0 N–H and O–H groups in total. The molecule has 4 aromatic rings. The fraction of sp³-hybridized carbons (Fsp3) is 0.0800. The Hall–Kier alpha value is -3.79. The zero-order valence-corrected chi connectivity index (χ0v) is 16.3. The van der Waals surface area contributed by atoms with Gasteiger partial charge in [-0.15, -0.1) is 0 Å². The standard InChI is InChI=1S/C25H22N2O2/c1-3-26-19(2)29-24(25(26)28)18-20-14-16-23(17-15-20)27(21-10-6-4-7-11-21)22-12-8-5-9-13-22/h4-18H,2-3H2,1H3/b24-18+. The van der Waals surface area contributed by atoms with Crippen molar-refractivity contribution in [3.63, 3.8) is 0 Å². The van der Waals surface area contributed by atoms with E-state index in [9.17, 15) is 4.79 Å². The Morgan fingerprint density at radius 3 is 1.86 bits per heavy atom. The Morgan fingerprint density at radius 1 is 0.862 bits per heavy atom. The maximum absolute atomic E-state index is 12.4. The zero-order chi connectivity index (χ0) is 20.2. The highest BCUT2D eigenvalue weighted by Crippen LogP contribution is 2.33. The molecule has 0 aliphatic rings. The van der Waals surface area contributed by atoms with E-state index in [0.29, 0.717) is 17.5 Å². The minimum atomic E-state index is -0.156. The molecule has 0 fully saturated rings. The predicted octanol–water partition coefficient (Wildman–Crippen LogP) is 4.17. The van der Waals surface area contributed by atoms with E-state index in [1.807, 2.05) is 67.6 Å². The van der Waals surface area contributed by atoms with Crippen molar-refractivity contribution in [1.29, 1.82) is 0 Å². The molecule has 4 heteroatoms. The molecular weight excluding hydrogens is 360 g/mol. The molecule has 0 radical (unpaired) electrons. The number of anilines is 3. The van der Waals surface area contributed by atoms with Gasteiger partial charge in [-0.25, -0.2) is 0 Å². The van der Waals surface area contributed by atoms with Gasteiger partial charge >= 0.3 is 0 Å². The van der Waals surface area contributed by atoms with Crippen LogP contribution in [0.5, 0.6) is 0 Å². The highest BCUT2D eigenvalue weighted by molar-refractivity contribution is 5.76. The lowest BCUT2D eigenvalue weighted by molar-refractivity contribution is 0.469. The van der Waals surface area contributed by atoms with E-state index in [4.69, 9.17) is 4.42 Å². The molecule has 0 bridgehead atoms. The number of para-hydroxylation sites is 2. The lowest BCUT2D eigenvalue weighted by Crippen LogP contribution is -2.30. The molecule has 0 spiro atoms. The van der Waals surface area contributed by atoms with Gasteiger partial charge in [0.05, 0.1) is 0 Å².